The summed E-state index contributed by atoms with van der Waals surface area (Å²) in [7, 11) is 0. The average Bonchev–Trinajstić information content (AvgIpc) is 2.89. The van der Waals surface area contributed by atoms with Gasteiger partial charge >= 0.3 is 0 Å². The van der Waals surface area contributed by atoms with Crippen LogP contribution < -0.4 is 9.47 Å². The highest BCUT2D eigenvalue weighted by Gasteiger charge is 2.42. The Morgan fingerprint density at radius 2 is 1.15 bits per heavy atom. The zero-order valence-electron chi connectivity index (χ0n) is 16.2. The van der Waals surface area contributed by atoms with Crippen molar-refractivity contribution < 1.29 is 19.1 Å². The third-order valence-electron chi connectivity index (χ3n) is 4.99. The molecule has 140 valence electrons. The number of ether oxygens (including phenoxy) is 2. The van der Waals surface area contributed by atoms with Gasteiger partial charge in [-0.15, -0.1) is 0 Å². The molecule has 0 fully saturated rings. The number of rotatable bonds is 4. The van der Waals surface area contributed by atoms with E-state index in [-0.39, 0.29) is 11.6 Å². The van der Waals surface area contributed by atoms with Crippen LogP contribution in [0.2, 0.25) is 0 Å². The summed E-state index contributed by atoms with van der Waals surface area (Å²) in [5.74, 6) is 1.33. The zero-order chi connectivity index (χ0) is 19.3. The second kappa shape index (κ2) is 6.22. The summed E-state index contributed by atoms with van der Waals surface area (Å²) in [6, 6.07) is 7.40. The molecule has 0 atom stereocenters. The maximum atomic E-state index is 12.2. The monoisotopic (exact) mass is 364 g/mol. The first-order chi connectivity index (χ1) is 12.8. The Labute approximate surface area is 159 Å². The van der Waals surface area contributed by atoms with E-state index in [1.807, 2.05) is 12.1 Å². The lowest BCUT2D eigenvalue weighted by molar-refractivity contribution is -0.108. The molecule has 0 aromatic heterocycles. The first-order valence-corrected chi connectivity index (χ1v) is 9.53. The third-order valence-corrected chi connectivity index (χ3v) is 4.99. The van der Waals surface area contributed by atoms with Crippen LogP contribution in [0.1, 0.15) is 61.3 Å². The fraction of sp³-hybridized carbons (Fsp3) is 0.391. The molecule has 1 aliphatic heterocycles. The van der Waals surface area contributed by atoms with Crippen molar-refractivity contribution in [3.05, 3.63) is 47.5 Å². The van der Waals surface area contributed by atoms with Gasteiger partial charge in [0.2, 0.25) is 0 Å². The Bertz CT molecular complexity index is 903. The van der Waals surface area contributed by atoms with Crippen molar-refractivity contribution in [3.8, 4) is 11.5 Å². The maximum absolute atomic E-state index is 12.2. The quantitative estimate of drug-likeness (QED) is 0.735. The summed E-state index contributed by atoms with van der Waals surface area (Å²) in [6.07, 6.45) is 4.26. The number of benzene rings is 2. The largest absolute Gasteiger partial charge is 0.448 e. The zero-order valence-corrected chi connectivity index (χ0v) is 16.2. The van der Waals surface area contributed by atoms with E-state index in [1.54, 1.807) is 12.1 Å². The molecule has 4 rings (SSSR count). The lowest BCUT2D eigenvalue weighted by atomic mass is 9.91. The Morgan fingerprint density at radius 1 is 0.741 bits per heavy atom. The van der Waals surface area contributed by atoms with E-state index >= 15 is 0 Å². The van der Waals surface area contributed by atoms with Crippen molar-refractivity contribution in [3.63, 3.8) is 0 Å². The summed E-state index contributed by atoms with van der Waals surface area (Å²) in [6.45, 7) is 8.64. The van der Waals surface area contributed by atoms with Crippen LogP contribution in [-0.2, 0) is 0 Å². The molecule has 4 nitrogen and oxygen atoms in total. The second-order valence-electron chi connectivity index (χ2n) is 8.42. The van der Waals surface area contributed by atoms with Gasteiger partial charge < -0.3 is 9.47 Å². The van der Waals surface area contributed by atoms with Crippen LogP contribution in [0.3, 0.4) is 0 Å². The van der Waals surface area contributed by atoms with E-state index in [2.05, 4.69) is 27.7 Å². The molecule has 4 heteroatoms. The van der Waals surface area contributed by atoms with Crippen LogP contribution in [0, 0.1) is 11.8 Å². The minimum Gasteiger partial charge on any atom is -0.448 e. The molecule has 0 saturated heterocycles. The highest BCUT2D eigenvalue weighted by atomic mass is 16.7. The van der Waals surface area contributed by atoms with E-state index in [0.717, 1.165) is 23.6 Å². The van der Waals surface area contributed by atoms with Crippen LogP contribution in [0.25, 0.3) is 10.8 Å². The average molecular weight is 364 g/mol. The van der Waals surface area contributed by atoms with Gasteiger partial charge in [0.25, 0.3) is 5.79 Å². The Kier molecular flexibility index (Phi) is 4.10. The fourth-order valence-corrected chi connectivity index (χ4v) is 4.12. The topological polar surface area (TPSA) is 52.6 Å². The lowest BCUT2D eigenvalue weighted by Crippen LogP contribution is -2.41. The molecule has 27 heavy (non-hydrogen) atoms. The highest BCUT2D eigenvalue weighted by Crippen LogP contribution is 2.46. The molecule has 0 saturated carbocycles. The van der Waals surface area contributed by atoms with Crippen LogP contribution >= 0.6 is 0 Å². The number of ketones is 2. The van der Waals surface area contributed by atoms with E-state index < -0.39 is 5.79 Å². The summed E-state index contributed by atoms with van der Waals surface area (Å²) in [4.78, 5) is 24.3. The van der Waals surface area contributed by atoms with Gasteiger partial charge in [-0.2, -0.15) is 0 Å². The molecule has 0 amide bonds. The second-order valence-corrected chi connectivity index (χ2v) is 8.42. The molecule has 0 N–H and O–H groups in total. The minimum atomic E-state index is -0.658. The first kappa shape index (κ1) is 17.8. The molecule has 1 aliphatic carbocycles. The third kappa shape index (κ3) is 3.14. The van der Waals surface area contributed by atoms with Gasteiger partial charge in [0.1, 0.15) is 0 Å². The molecule has 2 aliphatic rings. The van der Waals surface area contributed by atoms with Crippen LogP contribution in [0.5, 0.6) is 11.5 Å². The Hall–Kier alpha value is -2.62. The van der Waals surface area contributed by atoms with Crippen molar-refractivity contribution in [2.45, 2.75) is 46.3 Å². The van der Waals surface area contributed by atoms with E-state index in [4.69, 9.17) is 9.47 Å². The molecule has 0 unspecified atom stereocenters. The fourth-order valence-electron chi connectivity index (χ4n) is 4.12. The van der Waals surface area contributed by atoms with Crippen molar-refractivity contribution in [2.75, 3.05) is 0 Å². The summed E-state index contributed by atoms with van der Waals surface area (Å²) < 4.78 is 12.7. The first-order valence-electron chi connectivity index (χ1n) is 9.53. The summed E-state index contributed by atoms with van der Waals surface area (Å²) >= 11 is 0. The molecule has 0 spiro atoms. The number of allylic oxidation sites excluding steroid dienone is 2. The van der Waals surface area contributed by atoms with Gasteiger partial charge in [-0.25, -0.2) is 0 Å². The maximum Gasteiger partial charge on any atom is 0.252 e. The smallest absolute Gasteiger partial charge is 0.252 e. The van der Waals surface area contributed by atoms with Crippen molar-refractivity contribution in [2.24, 2.45) is 11.8 Å². The number of carbonyl (C=O) groups is 2. The normalized spacial score (nSPS) is 17.3. The van der Waals surface area contributed by atoms with E-state index in [9.17, 15) is 9.59 Å². The van der Waals surface area contributed by atoms with E-state index in [1.165, 1.54) is 12.2 Å². The predicted octanol–water partition coefficient (Wildman–Crippen LogP) is 5.33. The number of fused-ring (bicyclic) bond motifs is 3. The highest BCUT2D eigenvalue weighted by molar-refractivity contribution is 6.23. The molecule has 0 radical (unpaired) electrons. The minimum absolute atomic E-state index is 0.141. The summed E-state index contributed by atoms with van der Waals surface area (Å²) in [5, 5.41) is 1.75. The Balaban J connectivity index is 1.79. The molecule has 2 aromatic carbocycles. The van der Waals surface area contributed by atoms with Crippen LogP contribution in [0.15, 0.2) is 36.4 Å². The molecule has 2 aromatic rings. The van der Waals surface area contributed by atoms with Gasteiger partial charge in [-0.1, -0.05) is 27.7 Å². The lowest BCUT2D eigenvalue weighted by Gasteiger charge is -2.31. The van der Waals surface area contributed by atoms with Gasteiger partial charge in [-0.3, -0.25) is 9.59 Å². The SMILES string of the molecule is CC(C)CC1(CC(C)C)Oc2cc3cc4c(cc3cc2O1)C(=O)C=CC4=O. The van der Waals surface area contributed by atoms with Gasteiger partial charge in [0, 0.05) is 24.0 Å². The molecular weight excluding hydrogens is 340 g/mol. The van der Waals surface area contributed by atoms with Crippen LogP contribution in [-0.4, -0.2) is 17.4 Å². The number of carbonyl (C=O) groups excluding carboxylic acids is 2. The standard InChI is InChI=1S/C23H24O4/c1-13(2)11-23(12-14(3)4)26-21-9-15-7-17-18(20(25)6-5-19(17)24)8-16(15)10-22(21)27-23/h5-10,13-14H,11-12H2,1-4H3. The summed E-state index contributed by atoms with van der Waals surface area (Å²) in [5.41, 5.74) is 0.897. The van der Waals surface area contributed by atoms with Crippen molar-refractivity contribution in [1.82, 2.24) is 0 Å². The van der Waals surface area contributed by atoms with Crippen LogP contribution in [0.4, 0.5) is 0 Å². The Morgan fingerprint density at radius 3 is 1.52 bits per heavy atom. The molecule has 1 heterocycles. The molecule has 0 bridgehead atoms. The van der Waals surface area contributed by atoms with Gasteiger partial charge in [-0.05, 0) is 59.0 Å². The van der Waals surface area contributed by atoms with Gasteiger partial charge in [0.05, 0.1) is 0 Å². The van der Waals surface area contributed by atoms with Gasteiger partial charge in [0.15, 0.2) is 23.1 Å². The van der Waals surface area contributed by atoms with Crippen molar-refractivity contribution >= 4 is 22.3 Å². The van der Waals surface area contributed by atoms with E-state index in [0.29, 0.717) is 34.5 Å². The van der Waals surface area contributed by atoms with Crippen molar-refractivity contribution in [1.29, 1.82) is 0 Å². The molecular formula is C23H24O4. The predicted molar refractivity (Wildman–Crippen MR) is 105 cm³/mol. The number of hydrogen-bond donors (Lipinski definition) is 0. The number of hydrogen-bond acceptors (Lipinski definition) is 4.